The van der Waals surface area contributed by atoms with Gasteiger partial charge in [0.25, 0.3) is 0 Å². The molecule has 3 aromatic rings. The van der Waals surface area contributed by atoms with E-state index in [0.717, 1.165) is 11.3 Å². The molecule has 0 aliphatic carbocycles. The zero-order valence-electron chi connectivity index (χ0n) is 12.1. The van der Waals surface area contributed by atoms with Gasteiger partial charge in [0.05, 0.1) is 13.1 Å². The number of aromatic amines is 1. The number of halogens is 2. The Labute approximate surface area is 136 Å². The van der Waals surface area contributed by atoms with E-state index in [1.165, 1.54) is 16.8 Å². The molecule has 1 heterocycles. The van der Waals surface area contributed by atoms with Gasteiger partial charge in [-0.2, -0.15) is 5.10 Å². The molecule has 0 saturated carbocycles. The fourth-order valence-corrected chi connectivity index (χ4v) is 2.37. The lowest BCUT2D eigenvalue weighted by Crippen LogP contribution is -2.18. The second kappa shape index (κ2) is 6.66. The number of nitrogens with one attached hydrogen (secondary N) is 2. The van der Waals surface area contributed by atoms with Crippen LogP contribution in [0.5, 0.6) is 0 Å². The first-order valence-electron chi connectivity index (χ1n) is 7.00. The van der Waals surface area contributed by atoms with Crippen molar-refractivity contribution in [3.63, 3.8) is 0 Å². The van der Waals surface area contributed by atoms with E-state index in [4.69, 9.17) is 11.6 Å². The van der Waals surface area contributed by atoms with Gasteiger partial charge in [-0.3, -0.25) is 4.98 Å². The van der Waals surface area contributed by atoms with Crippen LogP contribution in [0.4, 0.5) is 10.1 Å². The molecule has 0 aliphatic heterocycles. The van der Waals surface area contributed by atoms with Crippen LogP contribution >= 0.6 is 11.6 Å². The predicted octanol–water partition coefficient (Wildman–Crippen LogP) is 3.02. The molecular weight excluding hydrogens is 319 g/mol. The Bertz CT molecular complexity index is 857. The van der Waals surface area contributed by atoms with Crippen LogP contribution in [0.25, 0.3) is 0 Å². The maximum absolute atomic E-state index is 12.8. The molecule has 0 unspecified atom stereocenters. The number of H-pyrrole nitrogens is 1. The van der Waals surface area contributed by atoms with Gasteiger partial charge in [0.1, 0.15) is 11.6 Å². The average Bonchev–Trinajstić information content (AvgIpc) is 2.87. The van der Waals surface area contributed by atoms with Gasteiger partial charge in [0.15, 0.2) is 0 Å². The maximum Gasteiger partial charge on any atom is 0.343 e. The van der Waals surface area contributed by atoms with E-state index < -0.39 is 0 Å². The molecule has 0 saturated heterocycles. The smallest absolute Gasteiger partial charge is 0.343 e. The van der Waals surface area contributed by atoms with Crippen LogP contribution in [0.2, 0.25) is 5.02 Å². The quantitative estimate of drug-likeness (QED) is 0.755. The minimum absolute atomic E-state index is 0.291. The van der Waals surface area contributed by atoms with Gasteiger partial charge in [-0.25, -0.2) is 13.9 Å². The van der Waals surface area contributed by atoms with Gasteiger partial charge >= 0.3 is 5.69 Å². The third-order valence-electron chi connectivity index (χ3n) is 3.25. The van der Waals surface area contributed by atoms with Crippen LogP contribution in [0.15, 0.2) is 53.3 Å². The number of anilines is 1. The first-order chi connectivity index (χ1) is 11.1. The molecule has 0 fully saturated rings. The average molecular weight is 333 g/mol. The summed E-state index contributed by atoms with van der Waals surface area (Å²) in [6.45, 7) is 0.676. The van der Waals surface area contributed by atoms with E-state index in [1.54, 1.807) is 24.3 Å². The molecule has 23 heavy (non-hydrogen) atoms. The number of rotatable bonds is 5. The topological polar surface area (TPSA) is 62.7 Å². The fourth-order valence-electron chi connectivity index (χ4n) is 2.15. The highest BCUT2D eigenvalue weighted by Gasteiger charge is 2.06. The first kappa shape index (κ1) is 15.3. The van der Waals surface area contributed by atoms with Gasteiger partial charge in [-0.15, -0.1) is 0 Å². The molecular formula is C16H14ClFN4O. The summed E-state index contributed by atoms with van der Waals surface area (Å²) < 4.78 is 14.2. The molecule has 3 rings (SSSR count). The van der Waals surface area contributed by atoms with Gasteiger partial charge in [0.2, 0.25) is 0 Å². The summed E-state index contributed by atoms with van der Waals surface area (Å²) in [6, 6.07) is 13.2. The Hall–Kier alpha value is -2.60. The molecule has 0 atom stereocenters. The number of nitrogens with zero attached hydrogens (tertiary/aromatic N) is 2. The number of hydrogen-bond acceptors (Lipinski definition) is 3. The monoisotopic (exact) mass is 332 g/mol. The van der Waals surface area contributed by atoms with Crippen LogP contribution in [-0.4, -0.2) is 14.8 Å². The van der Waals surface area contributed by atoms with Gasteiger partial charge in [-0.1, -0.05) is 23.7 Å². The van der Waals surface area contributed by atoms with Crippen molar-refractivity contribution in [1.82, 2.24) is 14.8 Å². The van der Waals surface area contributed by atoms with E-state index in [1.807, 2.05) is 12.1 Å². The lowest BCUT2D eigenvalue weighted by atomic mass is 10.2. The Morgan fingerprint density at radius 2 is 2.00 bits per heavy atom. The molecule has 2 N–H and O–H groups in total. The van der Waals surface area contributed by atoms with E-state index in [2.05, 4.69) is 15.4 Å². The fraction of sp³-hybridized carbons (Fsp3) is 0.125. The van der Waals surface area contributed by atoms with Crippen molar-refractivity contribution in [1.29, 1.82) is 0 Å². The first-order valence-corrected chi connectivity index (χ1v) is 7.38. The Kier molecular flexibility index (Phi) is 4.43. The van der Waals surface area contributed by atoms with Crippen LogP contribution in [0, 0.1) is 5.82 Å². The number of hydrogen-bond donors (Lipinski definition) is 2. The molecule has 118 valence electrons. The summed E-state index contributed by atoms with van der Waals surface area (Å²) in [6.07, 6.45) is 0. The second-order valence-electron chi connectivity index (χ2n) is 5.02. The molecule has 1 aromatic heterocycles. The van der Waals surface area contributed by atoms with E-state index in [-0.39, 0.29) is 11.5 Å². The highest BCUT2D eigenvalue weighted by Crippen LogP contribution is 2.11. The van der Waals surface area contributed by atoms with Crippen molar-refractivity contribution in [2.75, 3.05) is 5.32 Å². The highest BCUT2D eigenvalue weighted by molar-refractivity contribution is 6.30. The molecule has 0 radical (unpaired) electrons. The molecule has 5 nitrogen and oxygen atoms in total. The summed E-state index contributed by atoms with van der Waals surface area (Å²) in [5.74, 6) is 0.205. The summed E-state index contributed by atoms with van der Waals surface area (Å²) in [4.78, 5) is 14.6. The zero-order chi connectivity index (χ0) is 16.2. The predicted molar refractivity (Wildman–Crippen MR) is 87.1 cm³/mol. The summed E-state index contributed by atoms with van der Waals surface area (Å²) >= 11 is 5.93. The second-order valence-corrected chi connectivity index (χ2v) is 5.46. The summed E-state index contributed by atoms with van der Waals surface area (Å²) in [5.41, 5.74) is 1.35. The van der Waals surface area contributed by atoms with Gasteiger partial charge < -0.3 is 5.32 Å². The molecule has 0 aliphatic rings. The number of aromatic nitrogens is 3. The van der Waals surface area contributed by atoms with Crippen molar-refractivity contribution < 1.29 is 4.39 Å². The van der Waals surface area contributed by atoms with Gasteiger partial charge in [0, 0.05) is 10.7 Å². The third-order valence-corrected chi connectivity index (χ3v) is 3.49. The lowest BCUT2D eigenvalue weighted by Gasteiger charge is -2.03. The third kappa shape index (κ3) is 3.98. The minimum atomic E-state index is -0.297. The Morgan fingerprint density at radius 3 is 2.74 bits per heavy atom. The summed E-state index contributed by atoms with van der Waals surface area (Å²) in [7, 11) is 0. The van der Waals surface area contributed by atoms with E-state index >= 15 is 0 Å². The zero-order valence-corrected chi connectivity index (χ0v) is 12.8. The van der Waals surface area contributed by atoms with Crippen molar-refractivity contribution >= 4 is 17.3 Å². The molecule has 0 spiro atoms. The van der Waals surface area contributed by atoms with E-state index in [9.17, 15) is 9.18 Å². The Morgan fingerprint density at radius 1 is 1.22 bits per heavy atom. The lowest BCUT2D eigenvalue weighted by molar-refractivity contribution is 0.628. The molecule has 2 aromatic carbocycles. The van der Waals surface area contributed by atoms with Crippen molar-refractivity contribution in [3.05, 3.63) is 81.2 Å². The molecule has 7 heteroatoms. The van der Waals surface area contributed by atoms with Crippen molar-refractivity contribution in [2.24, 2.45) is 0 Å². The SMILES string of the molecule is O=c1[nH]c(CNc2ccc(F)cc2)nn1Cc1cccc(Cl)c1. The van der Waals surface area contributed by atoms with Crippen molar-refractivity contribution in [3.8, 4) is 0 Å². The standard InChI is InChI=1S/C16H14ClFN4O/c17-12-3-1-2-11(8-12)10-22-16(23)20-15(21-22)9-19-14-6-4-13(18)5-7-14/h1-8,19H,9-10H2,(H,20,21,23). The minimum Gasteiger partial charge on any atom is -0.378 e. The molecule has 0 amide bonds. The highest BCUT2D eigenvalue weighted by atomic mass is 35.5. The van der Waals surface area contributed by atoms with Crippen molar-refractivity contribution in [2.45, 2.75) is 13.1 Å². The van der Waals surface area contributed by atoms with Crippen LogP contribution in [0.1, 0.15) is 11.4 Å². The van der Waals surface area contributed by atoms with Crippen LogP contribution in [0.3, 0.4) is 0 Å². The summed E-state index contributed by atoms with van der Waals surface area (Å²) in [5, 5.41) is 7.92. The van der Waals surface area contributed by atoms with E-state index in [0.29, 0.717) is 23.9 Å². The maximum atomic E-state index is 12.8. The Balaban J connectivity index is 1.68. The van der Waals surface area contributed by atoms with Crippen LogP contribution in [-0.2, 0) is 13.1 Å². The number of benzene rings is 2. The van der Waals surface area contributed by atoms with Crippen LogP contribution < -0.4 is 11.0 Å². The molecule has 0 bridgehead atoms. The largest absolute Gasteiger partial charge is 0.378 e. The van der Waals surface area contributed by atoms with Gasteiger partial charge in [-0.05, 0) is 42.0 Å². The normalized spacial score (nSPS) is 10.7.